The van der Waals surface area contributed by atoms with E-state index in [0.717, 1.165) is 17.0 Å². The maximum atomic E-state index is 12.3. The molecule has 0 fully saturated rings. The maximum Gasteiger partial charge on any atom is 0.262 e. The molecular formula is C24H24N4O3. The van der Waals surface area contributed by atoms with Crippen LogP contribution in [0.2, 0.25) is 0 Å². The van der Waals surface area contributed by atoms with Crippen molar-refractivity contribution in [1.82, 2.24) is 15.0 Å². The zero-order chi connectivity index (χ0) is 21.8. The zero-order valence-corrected chi connectivity index (χ0v) is 17.7. The van der Waals surface area contributed by atoms with Crippen LogP contribution in [0.15, 0.2) is 66.7 Å². The minimum atomic E-state index is -0.241. The second-order valence-corrected chi connectivity index (χ2v) is 7.45. The lowest BCUT2D eigenvalue weighted by Crippen LogP contribution is -2.20. The summed E-state index contributed by atoms with van der Waals surface area (Å²) in [5.41, 5.74) is 4.10. The lowest BCUT2D eigenvalue weighted by atomic mass is 10.0. The van der Waals surface area contributed by atoms with E-state index in [1.165, 1.54) is 5.56 Å². The van der Waals surface area contributed by atoms with Gasteiger partial charge in [0.05, 0.1) is 12.8 Å². The highest BCUT2D eigenvalue weighted by atomic mass is 16.5. The highest BCUT2D eigenvalue weighted by Gasteiger charge is 2.09. The maximum absolute atomic E-state index is 12.3. The number of amides is 1. The number of nitrogens with one attached hydrogen (secondary N) is 1. The molecule has 0 bridgehead atoms. The summed E-state index contributed by atoms with van der Waals surface area (Å²) >= 11 is 0. The molecule has 4 rings (SSSR count). The highest BCUT2D eigenvalue weighted by Crippen LogP contribution is 2.20. The van der Waals surface area contributed by atoms with Gasteiger partial charge in [0.2, 0.25) is 0 Å². The molecule has 0 saturated heterocycles. The highest BCUT2D eigenvalue weighted by molar-refractivity contribution is 5.93. The number of aromatic nitrogens is 3. The van der Waals surface area contributed by atoms with Crippen LogP contribution in [-0.2, 0) is 4.79 Å². The van der Waals surface area contributed by atoms with Crippen molar-refractivity contribution in [2.75, 3.05) is 19.0 Å². The minimum absolute atomic E-state index is 0.0718. The smallest absolute Gasteiger partial charge is 0.262 e. The summed E-state index contributed by atoms with van der Waals surface area (Å²) in [6.45, 7) is 4.20. The molecule has 0 saturated carbocycles. The monoisotopic (exact) mass is 416 g/mol. The summed E-state index contributed by atoms with van der Waals surface area (Å²) in [6.07, 6.45) is 0. The number of fused-ring (bicyclic) bond motifs is 1. The average molecular weight is 416 g/mol. The van der Waals surface area contributed by atoms with E-state index in [1.54, 1.807) is 24.0 Å². The molecule has 0 radical (unpaired) electrons. The molecule has 0 aliphatic rings. The van der Waals surface area contributed by atoms with Crippen molar-refractivity contribution in [3.63, 3.8) is 0 Å². The third kappa shape index (κ3) is 4.83. The van der Waals surface area contributed by atoms with Gasteiger partial charge in [-0.2, -0.15) is 4.80 Å². The minimum Gasteiger partial charge on any atom is -0.497 e. The molecule has 1 N–H and O–H groups in total. The van der Waals surface area contributed by atoms with Crippen LogP contribution in [0, 0.1) is 0 Å². The number of methoxy groups -OCH3 is 1. The molecule has 3 aromatic carbocycles. The van der Waals surface area contributed by atoms with Crippen LogP contribution in [0.25, 0.3) is 16.7 Å². The van der Waals surface area contributed by atoms with E-state index >= 15 is 0 Å². The molecule has 0 unspecified atom stereocenters. The molecule has 0 atom stereocenters. The molecule has 1 aromatic heterocycles. The molecule has 7 heteroatoms. The van der Waals surface area contributed by atoms with E-state index in [4.69, 9.17) is 9.47 Å². The van der Waals surface area contributed by atoms with Crippen molar-refractivity contribution in [3.8, 4) is 17.2 Å². The summed E-state index contributed by atoms with van der Waals surface area (Å²) in [4.78, 5) is 13.9. The van der Waals surface area contributed by atoms with Crippen molar-refractivity contribution in [1.29, 1.82) is 0 Å². The van der Waals surface area contributed by atoms with Gasteiger partial charge in [-0.1, -0.05) is 26.0 Å². The molecular weight excluding hydrogens is 392 g/mol. The number of hydrogen-bond donors (Lipinski definition) is 1. The van der Waals surface area contributed by atoms with Crippen LogP contribution in [0.1, 0.15) is 25.3 Å². The van der Waals surface area contributed by atoms with Crippen LogP contribution in [-0.4, -0.2) is 34.6 Å². The van der Waals surface area contributed by atoms with E-state index in [9.17, 15) is 4.79 Å². The predicted octanol–water partition coefficient (Wildman–Crippen LogP) is 4.57. The number of benzene rings is 3. The summed E-state index contributed by atoms with van der Waals surface area (Å²) in [6, 6.07) is 20.7. The predicted molar refractivity (Wildman–Crippen MR) is 120 cm³/mol. The van der Waals surface area contributed by atoms with Gasteiger partial charge in [-0.25, -0.2) is 0 Å². The number of nitrogens with zero attached hydrogens (tertiary/aromatic N) is 3. The van der Waals surface area contributed by atoms with Gasteiger partial charge in [0, 0.05) is 5.69 Å². The third-order valence-corrected chi connectivity index (χ3v) is 4.88. The van der Waals surface area contributed by atoms with Crippen LogP contribution in [0.5, 0.6) is 11.5 Å². The van der Waals surface area contributed by atoms with Gasteiger partial charge in [-0.3, -0.25) is 4.79 Å². The molecule has 1 amide bonds. The van der Waals surface area contributed by atoms with Gasteiger partial charge in [0.25, 0.3) is 5.91 Å². The Morgan fingerprint density at radius 2 is 1.61 bits per heavy atom. The second-order valence-electron chi connectivity index (χ2n) is 7.45. The molecule has 4 aromatic rings. The Hall–Kier alpha value is -3.87. The Balaban J connectivity index is 1.40. The van der Waals surface area contributed by atoms with Crippen LogP contribution >= 0.6 is 0 Å². The van der Waals surface area contributed by atoms with Crippen molar-refractivity contribution in [3.05, 3.63) is 72.3 Å². The first-order valence-electron chi connectivity index (χ1n) is 10.1. The first-order chi connectivity index (χ1) is 15.0. The number of anilines is 1. The van der Waals surface area contributed by atoms with E-state index in [1.807, 2.05) is 54.6 Å². The van der Waals surface area contributed by atoms with Gasteiger partial charge in [-0.05, 0) is 66.1 Å². The van der Waals surface area contributed by atoms with Gasteiger partial charge in [0.15, 0.2) is 6.61 Å². The fraction of sp³-hybridized carbons (Fsp3) is 0.208. The van der Waals surface area contributed by atoms with Crippen LogP contribution in [0.3, 0.4) is 0 Å². The Labute approximate surface area is 180 Å². The standard InChI is InChI=1S/C24H24N4O3/c1-16(2)17-4-9-21(10-5-17)31-15-24(29)25-18-6-13-22-23(14-18)27-28(26-22)19-7-11-20(30-3)12-8-19/h4-14,16H,15H2,1-3H3,(H,25,29). The number of rotatable bonds is 7. The lowest BCUT2D eigenvalue weighted by Gasteiger charge is -2.09. The first-order valence-corrected chi connectivity index (χ1v) is 10.1. The van der Waals surface area contributed by atoms with Gasteiger partial charge >= 0.3 is 0 Å². The van der Waals surface area contributed by atoms with Crippen molar-refractivity contribution >= 4 is 22.6 Å². The van der Waals surface area contributed by atoms with E-state index in [0.29, 0.717) is 22.9 Å². The summed E-state index contributed by atoms with van der Waals surface area (Å²) < 4.78 is 10.8. The fourth-order valence-electron chi connectivity index (χ4n) is 3.12. The Bertz CT molecular complexity index is 1180. The first kappa shape index (κ1) is 20.4. The molecule has 31 heavy (non-hydrogen) atoms. The lowest BCUT2D eigenvalue weighted by molar-refractivity contribution is -0.118. The molecule has 7 nitrogen and oxygen atoms in total. The molecule has 1 heterocycles. The number of carbonyl (C=O) groups is 1. The third-order valence-electron chi connectivity index (χ3n) is 4.88. The Kier molecular flexibility index (Phi) is 5.84. The number of carbonyl (C=O) groups excluding carboxylic acids is 1. The largest absolute Gasteiger partial charge is 0.497 e. The van der Waals surface area contributed by atoms with Gasteiger partial charge in [0.1, 0.15) is 22.5 Å². The zero-order valence-electron chi connectivity index (χ0n) is 17.7. The summed E-state index contributed by atoms with van der Waals surface area (Å²) in [7, 11) is 1.62. The van der Waals surface area contributed by atoms with Crippen LogP contribution < -0.4 is 14.8 Å². The van der Waals surface area contributed by atoms with E-state index in [2.05, 4.69) is 29.4 Å². The van der Waals surface area contributed by atoms with E-state index < -0.39 is 0 Å². The number of hydrogen-bond acceptors (Lipinski definition) is 5. The summed E-state index contributed by atoms with van der Waals surface area (Å²) in [5, 5.41) is 11.8. The normalized spacial score (nSPS) is 11.0. The molecule has 158 valence electrons. The second kappa shape index (κ2) is 8.87. The molecule has 0 aliphatic carbocycles. The number of ether oxygens (including phenoxy) is 2. The Morgan fingerprint density at radius 3 is 2.29 bits per heavy atom. The quantitative estimate of drug-likeness (QED) is 0.477. The van der Waals surface area contributed by atoms with Crippen molar-refractivity contribution in [2.45, 2.75) is 19.8 Å². The van der Waals surface area contributed by atoms with Gasteiger partial charge < -0.3 is 14.8 Å². The SMILES string of the molecule is COc1ccc(-n2nc3ccc(NC(=O)COc4ccc(C(C)C)cc4)cc3n2)cc1. The molecule has 0 spiro atoms. The topological polar surface area (TPSA) is 78.3 Å². The Morgan fingerprint density at radius 1 is 0.935 bits per heavy atom. The summed E-state index contributed by atoms with van der Waals surface area (Å²) in [5.74, 6) is 1.64. The van der Waals surface area contributed by atoms with Crippen molar-refractivity contribution < 1.29 is 14.3 Å². The van der Waals surface area contributed by atoms with Crippen LogP contribution in [0.4, 0.5) is 5.69 Å². The average Bonchev–Trinajstić information content (AvgIpc) is 3.21. The van der Waals surface area contributed by atoms with Gasteiger partial charge in [-0.15, -0.1) is 10.2 Å². The fourth-order valence-corrected chi connectivity index (χ4v) is 3.12. The molecule has 0 aliphatic heterocycles. The van der Waals surface area contributed by atoms with E-state index in [-0.39, 0.29) is 12.5 Å². The van der Waals surface area contributed by atoms with Crippen molar-refractivity contribution in [2.24, 2.45) is 0 Å².